The average molecular weight is 252 g/mol. The van der Waals surface area contributed by atoms with Gasteiger partial charge in [0.15, 0.2) is 0 Å². The highest BCUT2D eigenvalue weighted by Crippen LogP contribution is 2.20. The lowest BCUT2D eigenvalue weighted by molar-refractivity contribution is 0.568. The monoisotopic (exact) mass is 252 g/mol. The van der Waals surface area contributed by atoms with Gasteiger partial charge in [-0.1, -0.05) is 12.1 Å². The molecule has 2 aromatic heterocycles. The summed E-state index contributed by atoms with van der Waals surface area (Å²) in [6.07, 6.45) is 3.11. The minimum absolute atomic E-state index is 0.515. The lowest BCUT2D eigenvalue weighted by Crippen LogP contribution is -2.01. The first-order valence-electron chi connectivity index (χ1n) is 5.92. The maximum Gasteiger partial charge on any atom is 0.247 e. The second kappa shape index (κ2) is 5.30. The van der Waals surface area contributed by atoms with Crippen LogP contribution in [0.2, 0.25) is 0 Å². The third-order valence-corrected chi connectivity index (χ3v) is 2.67. The van der Waals surface area contributed by atoms with Crippen LogP contribution in [-0.2, 0) is 6.54 Å². The Bertz CT molecular complexity index is 638. The van der Waals surface area contributed by atoms with Crippen molar-refractivity contribution in [3.63, 3.8) is 0 Å². The summed E-state index contributed by atoms with van der Waals surface area (Å²) >= 11 is 0. The fourth-order valence-electron chi connectivity index (χ4n) is 1.76. The van der Waals surface area contributed by atoms with Gasteiger partial charge in [0.1, 0.15) is 0 Å². The summed E-state index contributed by atoms with van der Waals surface area (Å²) in [5.74, 6) is 0.515. The minimum Gasteiger partial charge on any atom is -0.423 e. The molecule has 5 nitrogen and oxygen atoms in total. The molecule has 19 heavy (non-hydrogen) atoms. The van der Waals surface area contributed by atoms with Crippen LogP contribution in [0, 0.1) is 0 Å². The smallest absolute Gasteiger partial charge is 0.247 e. The highest BCUT2D eigenvalue weighted by molar-refractivity contribution is 5.60. The molecule has 2 heterocycles. The zero-order valence-corrected chi connectivity index (χ0v) is 10.2. The minimum atomic E-state index is 0.515. The molecule has 1 aromatic carbocycles. The van der Waals surface area contributed by atoms with Gasteiger partial charge in [0.2, 0.25) is 12.3 Å². The first-order valence-corrected chi connectivity index (χ1v) is 5.92. The zero-order valence-electron chi connectivity index (χ0n) is 10.2. The Morgan fingerprint density at radius 1 is 1.11 bits per heavy atom. The van der Waals surface area contributed by atoms with Crippen LogP contribution in [0.25, 0.3) is 11.5 Å². The maximum atomic E-state index is 5.17. The summed E-state index contributed by atoms with van der Waals surface area (Å²) in [4.78, 5) is 4.26. The summed E-state index contributed by atoms with van der Waals surface area (Å²) in [5, 5.41) is 10.9. The molecule has 0 bridgehead atoms. The predicted octanol–water partition coefficient (Wildman–Crippen LogP) is 2.74. The van der Waals surface area contributed by atoms with E-state index in [2.05, 4.69) is 20.5 Å². The van der Waals surface area contributed by atoms with Crippen molar-refractivity contribution in [2.75, 3.05) is 5.32 Å². The molecule has 0 unspecified atom stereocenters. The molecule has 0 atom stereocenters. The van der Waals surface area contributed by atoms with Crippen molar-refractivity contribution in [1.82, 2.24) is 15.2 Å². The van der Waals surface area contributed by atoms with Crippen molar-refractivity contribution < 1.29 is 4.42 Å². The lowest BCUT2D eigenvalue weighted by Gasteiger charge is -2.06. The Morgan fingerprint density at radius 2 is 2.11 bits per heavy atom. The highest BCUT2D eigenvalue weighted by atomic mass is 16.4. The van der Waals surface area contributed by atoms with E-state index in [0.717, 1.165) is 16.9 Å². The fourth-order valence-corrected chi connectivity index (χ4v) is 1.76. The van der Waals surface area contributed by atoms with Crippen LogP contribution in [0.1, 0.15) is 5.69 Å². The molecule has 0 aliphatic heterocycles. The van der Waals surface area contributed by atoms with Gasteiger partial charge in [-0.2, -0.15) is 0 Å². The lowest BCUT2D eigenvalue weighted by atomic mass is 10.2. The van der Waals surface area contributed by atoms with Crippen LogP contribution < -0.4 is 5.32 Å². The molecule has 1 N–H and O–H groups in total. The van der Waals surface area contributed by atoms with Gasteiger partial charge in [0, 0.05) is 17.4 Å². The van der Waals surface area contributed by atoms with Crippen LogP contribution in [-0.4, -0.2) is 15.2 Å². The van der Waals surface area contributed by atoms with Crippen LogP contribution in [0.5, 0.6) is 0 Å². The Morgan fingerprint density at radius 3 is 2.89 bits per heavy atom. The van der Waals surface area contributed by atoms with Gasteiger partial charge in [-0.25, -0.2) is 0 Å². The number of benzene rings is 1. The molecule has 0 saturated carbocycles. The van der Waals surface area contributed by atoms with E-state index in [1.54, 1.807) is 6.20 Å². The number of rotatable bonds is 4. The Kier molecular flexibility index (Phi) is 3.18. The first kappa shape index (κ1) is 11.4. The highest BCUT2D eigenvalue weighted by Gasteiger charge is 2.04. The molecular formula is C14H12N4O. The molecule has 5 heteroatoms. The van der Waals surface area contributed by atoms with E-state index in [1.165, 1.54) is 6.39 Å². The number of nitrogens with one attached hydrogen (secondary N) is 1. The van der Waals surface area contributed by atoms with Crippen LogP contribution >= 0.6 is 0 Å². The quantitative estimate of drug-likeness (QED) is 0.773. The molecule has 3 aromatic rings. The number of hydrogen-bond acceptors (Lipinski definition) is 5. The predicted molar refractivity (Wildman–Crippen MR) is 71.3 cm³/mol. The molecule has 3 rings (SSSR count). The van der Waals surface area contributed by atoms with Gasteiger partial charge in [0.05, 0.1) is 12.2 Å². The van der Waals surface area contributed by atoms with E-state index in [9.17, 15) is 0 Å². The Hall–Kier alpha value is -2.69. The van der Waals surface area contributed by atoms with Gasteiger partial charge >= 0.3 is 0 Å². The van der Waals surface area contributed by atoms with Crippen molar-refractivity contribution in [2.45, 2.75) is 6.54 Å². The largest absolute Gasteiger partial charge is 0.423 e. The Balaban J connectivity index is 1.74. The first-order chi connectivity index (χ1) is 9.42. The molecule has 0 amide bonds. The molecule has 94 valence electrons. The summed E-state index contributed by atoms with van der Waals surface area (Å²) < 4.78 is 5.17. The van der Waals surface area contributed by atoms with Crippen LogP contribution in [0.15, 0.2) is 59.5 Å². The van der Waals surface area contributed by atoms with E-state index in [0.29, 0.717) is 12.4 Å². The van der Waals surface area contributed by atoms with Crippen LogP contribution in [0.3, 0.4) is 0 Å². The molecule has 0 fully saturated rings. The SMILES string of the molecule is c1ccc(CNc2cccc(-c3nnco3)c2)nc1. The van der Waals surface area contributed by atoms with E-state index in [1.807, 2.05) is 42.5 Å². The van der Waals surface area contributed by atoms with Crippen molar-refractivity contribution >= 4 is 5.69 Å². The topological polar surface area (TPSA) is 63.8 Å². The number of nitrogens with zero attached hydrogens (tertiary/aromatic N) is 3. The van der Waals surface area contributed by atoms with Crippen molar-refractivity contribution in [1.29, 1.82) is 0 Å². The number of hydrogen-bond donors (Lipinski definition) is 1. The molecule has 0 radical (unpaired) electrons. The average Bonchev–Trinajstić information content (AvgIpc) is 3.01. The van der Waals surface area contributed by atoms with E-state index in [4.69, 9.17) is 4.42 Å². The third kappa shape index (κ3) is 2.77. The van der Waals surface area contributed by atoms with Gasteiger partial charge in [-0.05, 0) is 30.3 Å². The zero-order chi connectivity index (χ0) is 12.9. The molecule has 0 spiro atoms. The van der Waals surface area contributed by atoms with Gasteiger partial charge in [-0.15, -0.1) is 10.2 Å². The number of pyridine rings is 1. The van der Waals surface area contributed by atoms with Crippen LogP contribution in [0.4, 0.5) is 5.69 Å². The van der Waals surface area contributed by atoms with E-state index >= 15 is 0 Å². The maximum absolute atomic E-state index is 5.17. The second-order valence-corrected chi connectivity index (χ2v) is 4.00. The third-order valence-electron chi connectivity index (χ3n) is 2.67. The normalized spacial score (nSPS) is 10.3. The Labute approximate surface area is 110 Å². The summed E-state index contributed by atoms with van der Waals surface area (Å²) in [6.45, 7) is 0.675. The second-order valence-electron chi connectivity index (χ2n) is 4.00. The van der Waals surface area contributed by atoms with E-state index in [-0.39, 0.29) is 0 Å². The van der Waals surface area contributed by atoms with Gasteiger partial charge in [-0.3, -0.25) is 4.98 Å². The van der Waals surface area contributed by atoms with Crippen molar-refractivity contribution in [3.8, 4) is 11.5 Å². The van der Waals surface area contributed by atoms with Gasteiger partial charge in [0.25, 0.3) is 0 Å². The standard InChI is InChI=1S/C14H12N4O/c1-2-7-15-13(5-1)9-16-12-6-3-4-11(8-12)14-18-17-10-19-14/h1-8,10,16H,9H2. The van der Waals surface area contributed by atoms with Crippen molar-refractivity contribution in [2.24, 2.45) is 0 Å². The van der Waals surface area contributed by atoms with Crippen molar-refractivity contribution in [3.05, 3.63) is 60.7 Å². The fraction of sp³-hybridized carbons (Fsp3) is 0.0714. The summed E-state index contributed by atoms with van der Waals surface area (Å²) in [5.41, 5.74) is 2.87. The van der Waals surface area contributed by atoms with Gasteiger partial charge < -0.3 is 9.73 Å². The molecule has 0 aliphatic carbocycles. The molecular weight excluding hydrogens is 240 g/mol. The van der Waals surface area contributed by atoms with E-state index < -0.39 is 0 Å². The molecule has 0 aliphatic rings. The number of anilines is 1. The summed E-state index contributed by atoms with van der Waals surface area (Å²) in [7, 11) is 0. The number of aromatic nitrogens is 3. The summed E-state index contributed by atoms with van der Waals surface area (Å²) in [6, 6.07) is 13.7. The molecule has 0 saturated heterocycles.